The monoisotopic (exact) mass is 213 g/mol. The predicted molar refractivity (Wildman–Crippen MR) is 60.0 cm³/mol. The Balaban J connectivity index is 1.81. The Morgan fingerprint density at radius 1 is 1.27 bits per heavy atom. The molecule has 1 N–H and O–H groups in total. The highest BCUT2D eigenvalue weighted by atomic mass is 16.5. The zero-order chi connectivity index (χ0) is 10.7. The van der Waals surface area contributed by atoms with Crippen LogP contribution in [0.2, 0.25) is 0 Å². The zero-order valence-electron chi connectivity index (χ0n) is 9.87. The van der Waals surface area contributed by atoms with Crippen LogP contribution in [0.4, 0.5) is 0 Å². The molecule has 4 unspecified atom stereocenters. The molecule has 2 fully saturated rings. The molecule has 3 nitrogen and oxygen atoms in total. The molecule has 0 aromatic rings. The lowest BCUT2D eigenvalue weighted by atomic mass is 9.90. The Kier molecular flexibility index (Phi) is 4.00. The lowest BCUT2D eigenvalue weighted by Gasteiger charge is -2.32. The minimum absolute atomic E-state index is 0.465. The van der Waals surface area contributed by atoms with Gasteiger partial charge >= 0.3 is 0 Å². The van der Waals surface area contributed by atoms with Crippen LogP contribution < -0.4 is 5.32 Å². The minimum atomic E-state index is 0.465. The number of hydrogen-bond acceptors (Lipinski definition) is 3. The number of rotatable bonds is 3. The number of ether oxygens (including phenoxy) is 2. The van der Waals surface area contributed by atoms with Crippen LogP contribution in [0.3, 0.4) is 0 Å². The van der Waals surface area contributed by atoms with Gasteiger partial charge in [0.2, 0.25) is 0 Å². The van der Waals surface area contributed by atoms with E-state index in [1.54, 1.807) is 0 Å². The van der Waals surface area contributed by atoms with Crippen LogP contribution in [0.15, 0.2) is 0 Å². The zero-order valence-corrected chi connectivity index (χ0v) is 9.87. The van der Waals surface area contributed by atoms with Crippen molar-refractivity contribution in [2.45, 2.75) is 50.9 Å². The Morgan fingerprint density at radius 2 is 2.13 bits per heavy atom. The van der Waals surface area contributed by atoms with E-state index in [4.69, 9.17) is 9.47 Å². The highest BCUT2D eigenvalue weighted by Crippen LogP contribution is 2.28. The molecule has 2 aliphatic rings. The summed E-state index contributed by atoms with van der Waals surface area (Å²) in [5.41, 5.74) is 0. The lowest BCUT2D eigenvalue weighted by molar-refractivity contribution is -0.00927. The molecule has 2 saturated heterocycles. The van der Waals surface area contributed by atoms with Crippen LogP contribution in [-0.2, 0) is 9.47 Å². The van der Waals surface area contributed by atoms with Gasteiger partial charge in [-0.2, -0.15) is 0 Å². The molecular formula is C12H23NO2. The second kappa shape index (κ2) is 5.28. The van der Waals surface area contributed by atoms with E-state index >= 15 is 0 Å². The van der Waals surface area contributed by atoms with Gasteiger partial charge in [-0.25, -0.2) is 0 Å². The lowest BCUT2D eigenvalue weighted by Crippen LogP contribution is -2.42. The molecule has 0 aromatic heterocycles. The van der Waals surface area contributed by atoms with Crippen molar-refractivity contribution in [3.8, 4) is 0 Å². The van der Waals surface area contributed by atoms with Crippen molar-refractivity contribution in [3.05, 3.63) is 0 Å². The normalized spacial score (nSPS) is 42.0. The van der Waals surface area contributed by atoms with Gasteiger partial charge in [-0.15, -0.1) is 0 Å². The number of hydrogen-bond donors (Lipinski definition) is 1. The summed E-state index contributed by atoms with van der Waals surface area (Å²) in [6.45, 7) is 3.98. The van der Waals surface area contributed by atoms with Crippen LogP contribution in [0.1, 0.15) is 32.6 Å². The maximum Gasteiger partial charge on any atom is 0.0583 e. The maximum absolute atomic E-state index is 5.87. The SMILES string of the molecule is CNC1CCOCC1CC1CCC(C)O1. The fourth-order valence-corrected chi connectivity index (χ4v) is 2.81. The van der Waals surface area contributed by atoms with Gasteiger partial charge in [0.25, 0.3) is 0 Å². The summed E-state index contributed by atoms with van der Waals surface area (Å²) in [5.74, 6) is 0.638. The molecule has 0 radical (unpaired) electrons. The van der Waals surface area contributed by atoms with Gasteiger partial charge in [-0.3, -0.25) is 0 Å². The summed E-state index contributed by atoms with van der Waals surface area (Å²) in [7, 11) is 2.06. The van der Waals surface area contributed by atoms with E-state index in [-0.39, 0.29) is 0 Å². The molecule has 88 valence electrons. The van der Waals surface area contributed by atoms with Gasteiger partial charge in [0.05, 0.1) is 18.8 Å². The third-order valence-corrected chi connectivity index (χ3v) is 3.73. The molecule has 0 bridgehead atoms. The molecule has 0 amide bonds. The molecule has 0 saturated carbocycles. The molecule has 0 spiro atoms. The Morgan fingerprint density at radius 3 is 2.80 bits per heavy atom. The van der Waals surface area contributed by atoms with E-state index in [1.807, 2.05) is 0 Å². The van der Waals surface area contributed by atoms with Crippen LogP contribution in [0, 0.1) is 5.92 Å². The summed E-state index contributed by atoms with van der Waals surface area (Å²) in [6.07, 6.45) is 5.70. The van der Waals surface area contributed by atoms with Crippen molar-refractivity contribution < 1.29 is 9.47 Å². The highest BCUT2D eigenvalue weighted by molar-refractivity contribution is 4.83. The Hall–Kier alpha value is -0.120. The molecule has 0 aliphatic carbocycles. The molecule has 3 heteroatoms. The standard InChI is InChI=1S/C12H23NO2/c1-9-3-4-11(15-9)7-10-8-14-6-5-12(10)13-2/h9-13H,3-8H2,1-2H3. The smallest absolute Gasteiger partial charge is 0.0583 e. The first-order valence-corrected chi connectivity index (χ1v) is 6.20. The third kappa shape index (κ3) is 2.92. The van der Waals surface area contributed by atoms with Crippen molar-refractivity contribution in [1.29, 1.82) is 0 Å². The first-order valence-electron chi connectivity index (χ1n) is 6.20. The van der Waals surface area contributed by atoms with E-state index in [0.717, 1.165) is 26.1 Å². The Bertz CT molecular complexity index is 198. The van der Waals surface area contributed by atoms with E-state index in [9.17, 15) is 0 Å². The fourth-order valence-electron chi connectivity index (χ4n) is 2.81. The van der Waals surface area contributed by atoms with Crippen molar-refractivity contribution >= 4 is 0 Å². The van der Waals surface area contributed by atoms with E-state index < -0.39 is 0 Å². The van der Waals surface area contributed by atoms with Crippen LogP contribution in [0.25, 0.3) is 0 Å². The van der Waals surface area contributed by atoms with Gasteiger partial charge in [0.15, 0.2) is 0 Å². The third-order valence-electron chi connectivity index (χ3n) is 3.73. The molecule has 2 heterocycles. The van der Waals surface area contributed by atoms with Crippen molar-refractivity contribution in [2.24, 2.45) is 5.92 Å². The summed E-state index contributed by atoms with van der Waals surface area (Å²) in [6, 6.07) is 0.623. The maximum atomic E-state index is 5.87. The Labute approximate surface area is 92.5 Å². The molecule has 15 heavy (non-hydrogen) atoms. The first-order chi connectivity index (χ1) is 7.29. The first kappa shape index (κ1) is 11.4. The van der Waals surface area contributed by atoms with Gasteiger partial charge in [0.1, 0.15) is 0 Å². The molecule has 2 rings (SSSR count). The van der Waals surface area contributed by atoms with E-state index in [0.29, 0.717) is 24.2 Å². The average molecular weight is 213 g/mol. The van der Waals surface area contributed by atoms with E-state index in [2.05, 4.69) is 19.3 Å². The summed E-state index contributed by atoms with van der Waals surface area (Å²) in [5, 5.41) is 3.40. The van der Waals surface area contributed by atoms with E-state index in [1.165, 1.54) is 12.8 Å². The van der Waals surface area contributed by atoms with Crippen molar-refractivity contribution in [2.75, 3.05) is 20.3 Å². The van der Waals surface area contributed by atoms with Crippen LogP contribution in [0.5, 0.6) is 0 Å². The van der Waals surface area contributed by atoms with Gasteiger partial charge < -0.3 is 14.8 Å². The largest absolute Gasteiger partial charge is 0.381 e. The van der Waals surface area contributed by atoms with Gasteiger partial charge in [0, 0.05) is 18.6 Å². The second-order valence-electron chi connectivity index (χ2n) is 4.90. The molecular weight excluding hydrogens is 190 g/mol. The minimum Gasteiger partial charge on any atom is -0.381 e. The van der Waals surface area contributed by atoms with Gasteiger partial charge in [-0.05, 0) is 39.7 Å². The van der Waals surface area contributed by atoms with Crippen molar-refractivity contribution in [3.63, 3.8) is 0 Å². The summed E-state index contributed by atoms with van der Waals surface area (Å²) in [4.78, 5) is 0. The highest BCUT2D eigenvalue weighted by Gasteiger charge is 2.30. The molecule has 2 aliphatic heterocycles. The average Bonchev–Trinajstić information content (AvgIpc) is 2.65. The van der Waals surface area contributed by atoms with Crippen molar-refractivity contribution in [1.82, 2.24) is 5.32 Å². The topological polar surface area (TPSA) is 30.5 Å². The quantitative estimate of drug-likeness (QED) is 0.772. The second-order valence-corrected chi connectivity index (χ2v) is 4.90. The summed E-state index contributed by atoms with van der Waals surface area (Å²) >= 11 is 0. The van der Waals surface area contributed by atoms with Gasteiger partial charge in [-0.1, -0.05) is 0 Å². The number of nitrogens with one attached hydrogen (secondary N) is 1. The molecule has 0 aromatic carbocycles. The summed E-state index contributed by atoms with van der Waals surface area (Å²) < 4.78 is 11.4. The predicted octanol–water partition coefficient (Wildman–Crippen LogP) is 1.57. The van der Waals surface area contributed by atoms with Crippen LogP contribution in [-0.4, -0.2) is 38.5 Å². The molecule has 4 atom stereocenters. The van der Waals surface area contributed by atoms with Crippen LogP contribution >= 0.6 is 0 Å². The fraction of sp³-hybridized carbons (Fsp3) is 1.00.